The number of phenolic OH excluding ortho intramolecular Hbond substituents is 1. The fourth-order valence-electron chi connectivity index (χ4n) is 1.49. The molecule has 1 saturated heterocycles. The highest BCUT2D eigenvalue weighted by molar-refractivity contribution is 5.33. The lowest BCUT2D eigenvalue weighted by molar-refractivity contribution is 0.427. The van der Waals surface area contributed by atoms with E-state index in [9.17, 15) is 9.50 Å². The van der Waals surface area contributed by atoms with Gasteiger partial charge in [0.15, 0.2) is 0 Å². The van der Waals surface area contributed by atoms with Crippen molar-refractivity contribution >= 4 is 0 Å². The molecule has 0 saturated carbocycles. The van der Waals surface area contributed by atoms with Gasteiger partial charge in [0.25, 0.3) is 0 Å². The Hall–Kier alpha value is -1.35. The molecule has 0 amide bonds. The molecule has 1 aliphatic heterocycles. The maximum absolute atomic E-state index is 12.9. The van der Waals surface area contributed by atoms with Gasteiger partial charge in [-0.2, -0.15) is 0 Å². The molecular weight excluding hydrogens is 195 g/mol. The third-order valence-electron chi connectivity index (χ3n) is 2.55. The number of epoxide rings is 1. The normalized spacial score (nSPS) is 18.9. The summed E-state index contributed by atoms with van der Waals surface area (Å²) < 4.78 is 18.0. The number of benzene rings is 1. The lowest BCUT2D eigenvalue weighted by Crippen LogP contribution is -1.95. The second-order valence-electron chi connectivity index (χ2n) is 3.75. The van der Waals surface area contributed by atoms with E-state index >= 15 is 0 Å². The van der Waals surface area contributed by atoms with E-state index in [-0.39, 0.29) is 17.7 Å². The molecule has 1 aromatic rings. The Kier molecular flexibility index (Phi) is 2.73. The topological polar surface area (TPSA) is 32.8 Å². The summed E-state index contributed by atoms with van der Waals surface area (Å²) in [6.07, 6.45) is 1.50. The first-order valence-corrected chi connectivity index (χ1v) is 4.93. The summed E-state index contributed by atoms with van der Waals surface area (Å²) in [4.78, 5) is 0. The van der Waals surface area contributed by atoms with Gasteiger partial charge < -0.3 is 9.84 Å². The molecule has 2 nitrogen and oxygen atoms in total. The van der Waals surface area contributed by atoms with Crippen LogP contribution < -0.4 is 0 Å². The molecule has 1 atom stereocenters. The summed E-state index contributed by atoms with van der Waals surface area (Å²) in [5.41, 5.74) is 1.63. The van der Waals surface area contributed by atoms with Crippen LogP contribution in [-0.4, -0.2) is 17.8 Å². The molecule has 15 heavy (non-hydrogen) atoms. The second-order valence-corrected chi connectivity index (χ2v) is 3.75. The minimum Gasteiger partial charge on any atom is -0.508 e. The van der Waals surface area contributed by atoms with Crippen molar-refractivity contribution in [3.05, 3.63) is 41.7 Å². The number of rotatable bonds is 4. The van der Waals surface area contributed by atoms with E-state index in [1.807, 2.05) is 0 Å². The van der Waals surface area contributed by atoms with Crippen molar-refractivity contribution in [2.24, 2.45) is 0 Å². The fraction of sp³-hybridized carbons (Fsp3) is 0.333. The van der Waals surface area contributed by atoms with Crippen LogP contribution in [0.5, 0.6) is 5.75 Å². The molecule has 1 aliphatic rings. The Morgan fingerprint density at radius 2 is 2.33 bits per heavy atom. The molecule has 1 N–H and O–H groups in total. The number of ether oxygens (including phenoxy) is 1. The Morgan fingerprint density at radius 1 is 1.60 bits per heavy atom. The maximum atomic E-state index is 12.9. The van der Waals surface area contributed by atoms with Crippen molar-refractivity contribution in [2.75, 3.05) is 6.61 Å². The van der Waals surface area contributed by atoms with Crippen LogP contribution in [-0.2, 0) is 11.2 Å². The fourth-order valence-corrected chi connectivity index (χ4v) is 1.49. The van der Waals surface area contributed by atoms with Crippen LogP contribution in [0.3, 0.4) is 0 Å². The second kappa shape index (κ2) is 4.03. The van der Waals surface area contributed by atoms with Gasteiger partial charge in [-0.15, -0.1) is 0 Å². The molecular formula is C12H13FO2. The standard InChI is InChI=1S/C12H13FO2/c1-8(12-7-15-12)2-3-9-6-10(13)4-5-11(9)14/h4-6,12,14H,1-3,7H2/t12-/m1/s1. The van der Waals surface area contributed by atoms with Crippen LogP contribution in [0.15, 0.2) is 30.4 Å². The number of aryl methyl sites for hydroxylation is 1. The molecule has 3 heteroatoms. The van der Waals surface area contributed by atoms with Gasteiger partial charge in [-0.1, -0.05) is 6.58 Å². The molecule has 80 valence electrons. The highest BCUT2D eigenvalue weighted by Crippen LogP contribution is 2.25. The van der Waals surface area contributed by atoms with Gasteiger partial charge in [-0.25, -0.2) is 4.39 Å². The van der Waals surface area contributed by atoms with E-state index in [0.29, 0.717) is 12.0 Å². The third-order valence-corrected chi connectivity index (χ3v) is 2.55. The van der Waals surface area contributed by atoms with Gasteiger partial charge in [0.2, 0.25) is 0 Å². The van der Waals surface area contributed by atoms with Crippen LogP contribution in [0, 0.1) is 5.82 Å². The molecule has 0 radical (unpaired) electrons. The van der Waals surface area contributed by atoms with Crippen LogP contribution in [0.25, 0.3) is 0 Å². The van der Waals surface area contributed by atoms with Gasteiger partial charge >= 0.3 is 0 Å². The van der Waals surface area contributed by atoms with Crippen molar-refractivity contribution in [3.8, 4) is 5.75 Å². The molecule has 1 fully saturated rings. The minimum absolute atomic E-state index is 0.140. The molecule has 1 aromatic carbocycles. The highest BCUT2D eigenvalue weighted by atomic mass is 19.1. The number of hydrogen-bond donors (Lipinski definition) is 1. The zero-order valence-electron chi connectivity index (χ0n) is 8.37. The summed E-state index contributed by atoms with van der Waals surface area (Å²) in [6, 6.07) is 3.98. The van der Waals surface area contributed by atoms with Crippen molar-refractivity contribution in [3.63, 3.8) is 0 Å². The summed E-state index contributed by atoms with van der Waals surface area (Å²) in [5.74, 6) is -0.183. The molecule has 0 aliphatic carbocycles. The van der Waals surface area contributed by atoms with Crippen LogP contribution in [0.1, 0.15) is 12.0 Å². The van der Waals surface area contributed by atoms with Crippen molar-refractivity contribution < 1.29 is 14.2 Å². The molecule has 1 heterocycles. The number of phenols is 1. The SMILES string of the molecule is C=C(CCc1cc(F)ccc1O)[C@H]1CO1. The monoisotopic (exact) mass is 208 g/mol. The van der Waals surface area contributed by atoms with Crippen LogP contribution in [0.2, 0.25) is 0 Å². The zero-order chi connectivity index (χ0) is 10.8. The van der Waals surface area contributed by atoms with Gasteiger partial charge in [0, 0.05) is 0 Å². The van der Waals surface area contributed by atoms with Gasteiger partial charge in [-0.05, 0) is 42.2 Å². The largest absolute Gasteiger partial charge is 0.508 e. The summed E-state index contributed by atoms with van der Waals surface area (Å²) in [6.45, 7) is 4.63. The lowest BCUT2D eigenvalue weighted by Gasteiger charge is -2.05. The average Bonchev–Trinajstić information content (AvgIpc) is 3.02. The quantitative estimate of drug-likeness (QED) is 0.608. The van der Waals surface area contributed by atoms with Crippen LogP contribution >= 0.6 is 0 Å². The lowest BCUT2D eigenvalue weighted by atomic mass is 10.0. The molecule has 0 spiro atoms. The molecule has 0 aromatic heterocycles. The van der Waals surface area contributed by atoms with E-state index in [0.717, 1.165) is 18.6 Å². The number of aromatic hydroxyl groups is 1. The molecule has 0 bridgehead atoms. The molecule has 2 rings (SSSR count). The van der Waals surface area contributed by atoms with E-state index in [1.54, 1.807) is 0 Å². The van der Waals surface area contributed by atoms with Gasteiger partial charge in [0.1, 0.15) is 17.7 Å². The highest BCUT2D eigenvalue weighted by Gasteiger charge is 2.25. The Balaban J connectivity index is 1.97. The van der Waals surface area contributed by atoms with E-state index in [1.165, 1.54) is 18.2 Å². The summed E-state index contributed by atoms with van der Waals surface area (Å²) >= 11 is 0. The predicted octanol–water partition coefficient (Wildman–Crippen LogP) is 2.42. The number of hydrogen-bond acceptors (Lipinski definition) is 2. The maximum Gasteiger partial charge on any atom is 0.123 e. The molecule has 0 unspecified atom stereocenters. The van der Waals surface area contributed by atoms with E-state index < -0.39 is 0 Å². The smallest absolute Gasteiger partial charge is 0.123 e. The average molecular weight is 208 g/mol. The first kappa shape index (κ1) is 10.2. The van der Waals surface area contributed by atoms with Crippen LogP contribution in [0.4, 0.5) is 4.39 Å². The Labute approximate surface area is 88.0 Å². The minimum atomic E-state index is -0.323. The van der Waals surface area contributed by atoms with Crippen molar-refractivity contribution in [1.29, 1.82) is 0 Å². The summed E-state index contributed by atoms with van der Waals surface area (Å²) in [5, 5.41) is 9.47. The summed E-state index contributed by atoms with van der Waals surface area (Å²) in [7, 11) is 0. The third kappa shape index (κ3) is 2.57. The van der Waals surface area contributed by atoms with Crippen molar-refractivity contribution in [2.45, 2.75) is 18.9 Å². The van der Waals surface area contributed by atoms with Gasteiger partial charge in [0.05, 0.1) is 6.61 Å². The van der Waals surface area contributed by atoms with Gasteiger partial charge in [-0.3, -0.25) is 0 Å². The predicted molar refractivity (Wildman–Crippen MR) is 55.3 cm³/mol. The Morgan fingerprint density at radius 3 is 3.00 bits per heavy atom. The van der Waals surface area contributed by atoms with Crippen molar-refractivity contribution in [1.82, 2.24) is 0 Å². The van der Waals surface area contributed by atoms with E-state index in [4.69, 9.17) is 4.74 Å². The van der Waals surface area contributed by atoms with E-state index in [2.05, 4.69) is 6.58 Å². The first-order chi connectivity index (χ1) is 7.16. The number of halogens is 1. The Bertz CT molecular complexity index is 383. The zero-order valence-corrected chi connectivity index (χ0v) is 8.37. The first-order valence-electron chi connectivity index (χ1n) is 4.93.